The van der Waals surface area contributed by atoms with Crippen molar-refractivity contribution < 1.29 is 14.3 Å². The normalized spacial score (nSPS) is 9.91. The number of para-hydroxylation sites is 1. The molecule has 0 atom stereocenters. The number of nitrogens with one attached hydrogen (secondary N) is 1. The molecule has 0 saturated carbocycles. The SMILES string of the molecule is C=C(C)C(=O)Nc1ccccc1C(=O)c1ccc(OC)cc1. The van der Waals surface area contributed by atoms with Crippen LogP contribution in [0, 0.1) is 0 Å². The Morgan fingerprint density at radius 2 is 1.68 bits per heavy atom. The third-order valence-electron chi connectivity index (χ3n) is 3.16. The summed E-state index contributed by atoms with van der Waals surface area (Å²) in [6.07, 6.45) is 0. The maximum atomic E-state index is 12.6. The molecule has 0 spiro atoms. The molecule has 0 heterocycles. The number of amides is 1. The smallest absolute Gasteiger partial charge is 0.250 e. The second kappa shape index (κ2) is 6.72. The first-order valence-electron chi connectivity index (χ1n) is 6.77. The lowest BCUT2D eigenvalue weighted by atomic mass is 10.0. The van der Waals surface area contributed by atoms with Crippen molar-refractivity contribution in [3.05, 3.63) is 71.8 Å². The highest BCUT2D eigenvalue weighted by atomic mass is 16.5. The summed E-state index contributed by atoms with van der Waals surface area (Å²) in [5.74, 6) is 0.204. The molecule has 1 N–H and O–H groups in total. The maximum Gasteiger partial charge on any atom is 0.250 e. The number of ether oxygens (including phenoxy) is 1. The van der Waals surface area contributed by atoms with E-state index in [1.54, 1.807) is 62.6 Å². The molecule has 1 amide bonds. The lowest BCUT2D eigenvalue weighted by Crippen LogP contribution is -2.15. The van der Waals surface area contributed by atoms with Gasteiger partial charge in [-0.1, -0.05) is 18.7 Å². The number of benzene rings is 2. The van der Waals surface area contributed by atoms with E-state index in [9.17, 15) is 9.59 Å². The van der Waals surface area contributed by atoms with Crippen LogP contribution in [0.4, 0.5) is 5.69 Å². The van der Waals surface area contributed by atoms with Crippen molar-refractivity contribution >= 4 is 17.4 Å². The van der Waals surface area contributed by atoms with Crippen molar-refractivity contribution in [1.29, 1.82) is 0 Å². The Morgan fingerprint density at radius 3 is 2.27 bits per heavy atom. The minimum Gasteiger partial charge on any atom is -0.497 e. The van der Waals surface area contributed by atoms with E-state index in [1.165, 1.54) is 0 Å². The molecule has 0 radical (unpaired) electrons. The number of carbonyl (C=O) groups excluding carboxylic acids is 2. The fraction of sp³-hybridized carbons (Fsp3) is 0.111. The van der Waals surface area contributed by atoms with Gasteiger partial charge in [-0.05, 0) is 43.3 Å². The van der Waals surface area contributed by atoms with Crippen LogP contribution in [0.15, 0.2) is 60.7 Å². The predicted molar refractivity (Wildman–Crippen MR) is 86.3 cm³/mol. The van der Waals surface area contributed by atoms with E-state index in [2.05, 4.69) is 11.9 Å². The Balaban J connectivity index is 2.32. The maximum absolute atomic E-state index is 12.6. The molecule has 0 fully saturated rings. The molecule has 2 rings (SSSR count). The summed E-state index contributed by atoms with van der Waals surface area (Å²) in [6, 6.07) is 13.7. The average molecular weight is 295 g/mol. The van der Waals surface area contributed by atoms with Crippen molar-refractivity contribution in [2.75, 3.05) is 12.4 Å². The van der Waals surface area contributed by atoms with Crippen LogP contribution in [0.5, 0.6) is 5.75 Å². The standard InChI is InChI=1S/C18H17NO3/c1-12(2)18(21)19-16-7-5-4-6-15(16)17(20)13-8-10-14(22-3)11-9-13/h4-11H,1H2,2-3H3,(H,19,21). The number of anilines is 1. The van der Waals surface area contributed by atoms with Gasteiger partial charge in [0.25, 0.3) is 5.91 Å². The van der Waals surface area contributed by atoms with Crippen LogP contribution in [0.1, 0.15) is 22.8 Å². The van der Waals surface area contributed by atoms with Crippen LogP contribution in [-0.2, 0) is 4.79 Å². The number of ketones is 1. The Morgan fingerprint density at radius 1 is 1.05 bits per heavy atom. The summed E-state index contributed by atoms with van der Waals surface area (Å²) < 4.78 is 5.08. The molecule has 0 unspecified atom stereocenters. The zero-order chi connectivity index (χ0) is 16.1. The van der Waals surface area contributed by atoms with Crippen LogP contribution >= 0.6 is 0 Å². The highest BCUT2D eigenvalue weighted by molar-refractivity contribution is 6.15. The van der Waals surface area contributed by atoms with Gasteiger partial charge >= 0.3 is 0 Å². The van der Waals surface area contributed by atoms with Gasteiger partial charge in [0.05, 0.1) is 12.8 Å². The van der Waals surface area contributed by atoms with Gasteiger partial charge in [0.2, 0.25) is 0 Å². The van der Waals surface area contributed by atoms with Crippen LogP contribution in [0.3, 0.4) is 0 Å². The molecule has 112 valence electrons. The number of rotatable bonds is 5. The van der Waals surface area contributed by atoms with Gasteiger partial charge in [-0.25, -0.2) is 0 Å². The summed E-state index contributed by atoms with van der Waals surface area (Å²) in [7, 11) is 1.57. The van der Waals surface area contributed by atoms with E-state index in [4.69, 9.17) is 4.74 Å². The van der Waals surface area contributed by atoms with E-state index >= 15 is 0 Å². The van der Waals surface area contributed by atoms with Gasteiger partial charge in [0.1, 0.15) is 5.75 Å². The predicted octanol–water partition coefficient (Wildman–Crippen LogP) is 3.44. The van der Waals surface area contributed by atoms with Crippen molar-refractivity contribution in [2.24, 2.45) is 0 Å². The number of hydrogen-bond acceptors (Lipinski definition) is 3. The lowest BCUT2D eigenvalue weighted by Gasteiger charge is -2.10. The van der Waals surface area contributed by atoms with Gasteiger partial charge in [-0.15, -0.1) is 0 Å². The molecule has 0 aromatic heterocycles. The summed E-state index contributed by atoms with van der Waals surface area (Å²) in [6.45, 7) is 5.21. The quantitative estimate of drug-likeness (QED) is 0.679. The third-order valence-corrected chi connectivity index (χ3v) is 3.16. The monoisotopic (exact) mass is 295 g/mol. The zero-order valence-electron chi connectivity index (χ0n) is 12.6. The Labute approximate surface area is 129 Å². The van der Waals surface area contributed by atoms with Crippen LogP contribution in [0.2, 0.25) is 0 Å². The van der Waals surface area contributed by atoms with Gasteiger partial charge in [0, 0.05) is 16.7 Å². The summed E-state index contributed by atoms with van der Waals surface area (Å²) in [5, 5.41) is 2.70. The lowest BCUT2D eigenvalue weighted by molar-refractivity contribution is -0.112. The minimum absolute atomic E-state index is 0.166. The van der Waals surface area contributed by atoms with Crippen molar-refractivity contribution in [1.82, 2.24) is 0 Å². The Kier molecular flexibility index (Phi) is 4.73. The minimum atomic E-state index is -0.310. The molecule has 0 saturated heterocycles. The van der Waals surface area contributed by atoms with Crippen LogP contribution in [-0.4, -0.2) is 18.8 Å². The van der Waals surface area contributed by atoms with E-state index < -0.39 is 0 Å². The van der Waals surface area contributed by atoms with E-state index in [0.29, 0.717) is 28.1 Å². The first-order chi connectivity index (χ1) is 10.5. The molecule has 0 bridgehead atoms. The summed E-state index contributed by atoms with van der Waals surface area (Å²) in [5.41, 5.74) is 1.81. The largest absolute Gasteiger partial charge is 0.497 e. The third kappa shape index (κ3) is 3.41. The number of carbonyl (C=O) groups is 2. The first-order valence-corrected chi connectivity index (χ1v) is 6.77. The van der Waals surface area contributed by atoms with Crippen molar-refractivity contribution in [3.8, 4) is 5.75 Å². The molecule has 0 aliphatic rings. The van der Waals surface area contributed by atoms with E-state index in [0.717, 1.165) is 0 Å². The Hall–Kier alpha value is -2.88. The molecule has 2 aromatic rings. The second-order valence-corrected chi connectivity index (χ2v) is 4.84. The molecule has 4 heteroatoms. The Bertz CT molecular complexity index is 717. The van der Waals surface area contributed by atoms with Gasteiger partial charge in [0.15, 0.2) is 5.78 Å². The topological polar surface area (TPSA) is 55.4 Å². The molecule has 0 aliphatic heterocycles. The van der Waals surface area contributed by atoms with Crippen molar-refractivity contribution in [2.45, 2.75) is 6.92 Å². The zero-order valence-corrected chi connectivity index (χ0v) is 12.6. The molecule has 2 aromatic carbocycles. The second-order valence-electron chi connectivity index (χ2n) is 4.84. The number of methoxy groups -OCH3 is 1. The van der Waals surface area contributed by atoms with Gasteiger partial charge in [-0.2, -0.15) is 0 Å². The summed E-state index contributed by atoms with van der Waals surface area (Å²) in [4.78, 5) is 24.4. The fourth-order valence-corrected chi connectivity index (χ4v) is 1.92. The van der Waals surface area contributed by atoms with Gasteiger partial charge in [-0.3, -0.25) is 9.59 Å². The highest BCUT2D eigenvalue weighted by Crippen LogP contribution is 2.21. The summed E-state index contributed by atoms with van der Waals surface area (Å²) >= 11 is 0. The molecular weight excluding hydrogens is 278 g/mol. The van der Waals surface area contributed by atoms with E-state index in [-0.39, 0.29) is 11.7 Å². The average Bonchev–Trinajstić information content (AvgIpc) is 2.54. The fourth-order valence-electron chi connectivity index (χ4n) is 1.92. The molecule has 22 heavy (non-hydrogen) atoms. The highest BCUT2D eigenvalue weighted by Gasteiger charge is 2.15. The van der Waals surface area contributed by atoms with Crippen LogP contribution in [0.25, 0.3) is 0 Å². The molecule has 4 nitrogen and oxygen atoms in total. The number of hydrogen-bond donors (Lipinski definition) is 1. The molecule has 0 aliphatic carbocycles. The van der Waals surface area contributed by atoms with Crippen LogP contribution < -0.4 is 10.1 Å². The molecular formula is C18H17NO3. The van der Waals surface area contributed by atoms with Gasteiger partial charge < -0.3 is 10.1 Å². The first kappa shape index (κ1) is 15.5. The van der Waals surface area contributed by atoms with E-state index in [1.807, 2.05) is 0 Å². The van der Waals surface area contributed by atoms with Crippen molar-refractivity contribution in [3.63, 3.8) is 0 Å².